The zero-order valence-corrected chi connectivity index (χ0v) is 17.4. The molecule has 2 aromatic rings. The van der Waals surface area contributed by atoms with Gasteiger partial charge >= 0.3 is 0 Å². The molecule has 11 heteroatoms. The number of amides is 1. The predicted octanol–water partition coefficient (Wildman–Crippen LogP) is 0.664. The quantitative estimate of drug-likeness (QED) is 0.731. The van der Waals surface area contributed by atoms with Crippen LogP contribution in [-0.2, 0) is 14.6 Å². The van der Waals surface area contributed by atoms with E-state index in [1.54, 1.807) is 29.2 Å². The fourth-order valence-electron chi connectivity index (χ4n) is 3.88. The Morgan fingerprint density at radius 3 is 2.69 bits per heavy atom. The van der Waals surface area contributed by atoms with Crippen molar-refractivity contribution in [3.05, 3.63) is 35.9 Å². The van der Waals surface area contributed by atoms with E-state index >= 15 is 0 Å². The Morgan fingerprint density at radius 2 is 2.03 bits per heavy atom. The molecule has 3 heterocycles. The molecule has 2 aliphatic heterocycles. The number of anilines is 1. The number of halogens is 1. The Kier molecular flexibility index (Phi) is 5.86. The lowest BCUT2D eigenvalue weighted by Gasteiger charge is -2.37. The van der Waals surface area contributed by atoms with Crippen molar-refractivity contribution < 1.29 is 13.2 Å². The van der Waals surface area contributed by atoms with Gasteiger partial charge in [0.25, 0.3) is 0 Å². The maximum absolute atomic E-state index is 12.6. The minimum Gasteiger partial charge on any atom is -0.323 e. The number of carbonyl (C=O) groups is 1. The van der Waals surface area contributed by atoms with Gasteiger partial charge in [-0.1, -0.05) is 11.6 Å². The molecule has 1 atom stereocenters. The van der Waals surface area contributed by atoms with E-state index in [2.05, 4.69) is 25.2 Å². The highest BCUT2D eigenvalue weighted by atomic mass is 35.5. The molecule has 1 aromatic heterocycles. The second-order valence-electron chi connectivity index (χ2n) is 7.42. The van der Waals surface area contributed by atoms with E-state index in [1.807, 2.05) is 0 Å². The van der Waals surface area contributed by atoms with Crippen LogP contribution < -0.4 is 5.32 Å². The fraction of sp³-hybridized carbons (Fsp3) is 0.500. The second-order valence-corrected chi connectivity index (χ2v) is 10.1. The lowest BCUT2D eigenvalue weighted by atomic mass is 10.2. The molecule has 0 bridgehead atoms. The molecule has 1 aromatic carbocycles. The Balaban J connectivity index is 1.33. The first kappa shape index (κ1) is 20.3. The molecule has 1 amide bonds. The van der Waals surface area contributed by atoms with E-state index in [0.29, 0.717) is 22.8 Å². The molecule has 9 nitrogen and oxygen atoms in total. The normalized spacial score (nSPS) is 22.6. The molecule has 1 unspecified atom stereocenters. The molecule has 1 N–H and O–H groups in total. The van der Waals surface area contributed by atoms with E-state index < -0.39 is 9.84 Å². The van der Waals surface area contributed by atoms with Crippen molar-refractivity contribution in [2.45, 2.75) is 12.5 Å². The third-order valence-electron chi connectivity index (χ3n) is 5.40. The van der Waals surface area contributed by atoms with Crippen molar-refractivity contribution in [1.29, 1.82) is 0 Å². The predicted molar refractivity (Wildman–Crippen MR) is 110 cm³/mol. The number of nitrogens with one attached hydrogen (secondary N) is 1. The summed E-state index contributed by atoms with van der Waals surface area (Å²) in [6.45, 7) is 3.27. The van der Waals surface area contributed by atoms with Crippen molar-refractivity contribution >= 4 is 33.0 Å². The van der Waals surface area contributed by atoms with Crippen LogP contribution in [0.25, 0.3) is 5.69 Å². The molecule has 2 aliphatic rings. The van der Waals surface area contributed by atoms with Crippen LogP contribution in [0.4, 0.5) is 5.69 Å². The van der Waals surface area contributed by atoms with Crippen molar-refractivity contribution in [1.82, 2.24) is 24.6 Å². The summed E-state index contributed by atoms with van der Waals surface area (Å²) in [7, 11) is -2.88. The minimum atomic E-state index is -2.88. The van der Waals surface area contributed by atoms with Gasteiger partial charge in [0, 0.05) is 37.2 Å². The molecular formula is C18H23ClN6O3S. The third kappa shape index (κ3) is 4.95. The Hall–Kier alpha value is -2.01. The number of hydrogen-bond donors (Lipinski definition) is 1. The van der Waals surface area contributed by atoms with E-state index in [9.17, 15) is 13.2 Å². The summed E-state index contributed by atoms with van der Waals surface area (Å²) in [5, 5.41) is 7.54. The van der Waals surface area contributed by atoms with Crippen LogP contribution in [0.15, 0.2) is 30.9 Å². The molecule has 2 fully saturated rings. The highest BCUT2D eigenvalue weighted by Crippen LogP contribution is 2.24. The molecule has 0 saturated carbocycles. The lowest BCUT2D eigenvalue weighted by Crippen LogP contribution is -2.52. The smallest absolute Gasteiger partial charge is 0.238 e. The van der Waals surface area contributed by atoms with Crippen LogP contribution in [0, 0.1) is 0 Å². The standard InChI is InChI=1S/C18H23ClN6O3S/c19-14-1-2-17(25-13-20-12-21-25)16(9-14)22-18(26)10-23-4-6-24(7-5-23)15-3-8-29(27,28)11-15/h1-2,9,12-13,15H,3-8,10-11H2,(H,22,26). The molecular weight excluding hydrogens is 416 g/mol. The van der Waals surface area contributed by atoms with E-state index in [1.165, 1.54) is 6.33 Å². The number of aromatic nitrogens is 3. The number of nitrogens with zero attached hydrogens (tertiary/aromatic N) is 5. The lowest BCUT2D eigenvalue weighted by molar-refractivity contribution is -0.117. The fourth-order valence-corrected chi connectivity index (χ4v) is 5.82. The van der Waals surface area contributed by atoms with Gasteiger partial charge in [-0.3, -0.25) is 14.6 Å². The highest BCUT2D eigenvalue weighted by molar-refractivity contribution is 7.91. The molecule has 29 heavy (non-hydrogen) atoms. The minimum absolute atomic E-state index is 0.118. The first-order valence-corrected chi connectivity index (χ1v) is 11.7. The van der Waals surface area contributed by atoms with Gasteiger partial charge in [0.05, 0.1) is 29.4 Å². The van der Waals surface area contributed by atoms with E-state index in [-0.39, 0.29) is 30.0 Å². The number of hydrogen-bond acceptors (Lipinski definition) is 7. The van der Waals surface area contributed by atoms with Gasteiger partial charge in [-0.25, -0.2) is 18.1 Å². The molecule has 4 rings (SSSR count). The number of rotatable bonds is 5. The average Bonchev–Trinajstić information content (AvgIpc) is 3.32. The Morgan fingerprint density at radius 1 is 1.24 bits per heavy atom. The molecule has 0 aliphatic carbocycles. The third-order valence-corrected chi connectivity index (χ3v) is 7.38. The van der Waals surface area contributed by atoms with Gasteiger partial charge in [-0.15, -0.1) is 0 Å². The Bertz CT molecular complexity index is 973. The maximum Gasteiger partial charge on any atom is 0.238 e. The van der Waals surface area contributed by atoms with Crippen LogP contribution in [0.3, 0.4) is 0 Å². The topological polar surface area (TPSA) is 100 Å². The zero-order chi connectivity index (χ0) is 20.4. The van der Waals surface area contributed by atoms with Gasteiger partial charge in [0.15, 0.2) is 9.84 Å². The first-order valence-electron chi connectivity index (χ1n) is 9.51. The van der Waals surface area contributed by atoms with E-state index in [4.69, 9.17) is 11.6 Å². The van der Waals surface area contributed by atoms with Crippen molar-refractivity contribution in [3.8, 4) is 5.69 Å². The van der Waals surface area contributed by atoms with Crippen molar-refractivity contribution in [3.63, 3.8) is 0 Å². The van der Waals surface area contributed by atoms with Gasteiger partial charge in [0.2, 0.25) is 5.91 Å². The van der Waals surface area contributed by atoms with Gasteiger partial charge < -0.3 is 5.32 Å². The van der Waals surface area contributed by atoms with Crippen molar-refractivity contribution in [2.24, 2.45) is 0 Å². The van der Waals surface area contributed by atoms with Gasteiger partial charge in [-0.2, -0.15) is 5.10 Å². The van der Waals surface area contributed by atoms with E-state index in [0.717, 1.165) is 26.2 Å². The summed E-state index contributed by atoms with van der Waals surface area (Å²) in [4.78, 5) is 20.9. The summed E-state index contributed by atoms with van der Waals surface area (Å²) in [6, 6.07) is 5.32. The SMILES string of the molecule is O=C(CN1CCN(C2CCS(=O)(=O)C2)CC1)Nc1cc(Cl)ccc1-n1cncn1. The number of benzene rings is 1. The van der Waals surface area contributed by atoms with Crippen LogP contribution in [-0.4, -0.2) is 89.2 Å². The largest absolute Gasteiger partial charge is 0.323 e. The summed E-state index contributed by atoms with van der Waals surface area (Å²) >= 11 is 6.10. The number of carbonyl (C=O) groups excluding carboxylic acids is 1. The van der Waals surface area contributed by atoms with Crippen molar-refractivity contribution in [2.75, 3.05) is 49.5 Å². The molecule has 156 valence electrons. The van der Waals surface area contributed by atoms with Gasteiger partial charge in [0.1, 0.15) is 12.7 Å². The molecule has 0 spiro atoms. The van der Waals surface area contributed by atoms with Crippen LogP contribution in [0.2, 0.25) is 5.02 Å². The van der Waals surface area contributed by atoms with Crippen LogP contribution in [0.5, 0.6) is 0 Å². The monoisotopic (exact) mass is 438 g/mol. The summed E-state index contributed by atoms with van der Waals surface area (Å²) < 4.78 is 25.0. The average molecular weight is 439 g/mol. The summed E-state index contributed by atoms with van der Waals surface area (Å²) in [5.41, 5.74) is 1.26. The van der Waals surface area contributed by atoms with Gasteiger partial charge in [-0.05, 0) is 24.6 Å². The number of sulfone groups is 1. The molecule has 0 radical (unpaired) electrons. The number of piperazine rings is 1. The highest BCUT2D eigenvalue weighted by Gasteiger charge is 2.33. The zero-order valence-electron chi connectivity index (χ0n) is 15.9. The van der Waals surface area contributed by atoms with Crippen LogP contribution in [0.1, 0.15) is 6.42 Å². The second kappa shape index (κ2) is 8.39. The molecule has 2 saturated heterocycles. The van der Waals surface area contributed by atoms with Crippen LogP contribution >= 0.6 is 11.6 Å². The maximum atomic E-state index is 12.6. The first-order chi connectivity index (χ1) is 13.9. The Labute approximate surface area is 174 Å². The summed E-state index contributed by atoms with van der Waals surface area (Å²) in [6.07, 6.45) is 3.69. The summed E-state index contributed by atoms with van der Waals surface area (Å²) in [5.74, 6) is 0.409.